The van der Waals surface area contributed by atoms with Gasteiger partial charge in [-0.25, -0.2) is 0 Å². The Labute approximate surface area is 126 Å². The first kappa shape index (κ1) is 14.4. The Bertz CT molecular complexity index is 497. The van der Waals surface area contributed by atoms with Crippen LogP contribution < -0.4 is 5.32 Å². The molecule has 21 heavy (non-hydrogen) atoms. The lowest BCUT2D eigenvalue weighted by Gasteiger charge is -2.39. The lowest BCUT2D eigenvalue weighted by Crippen LogP contribution is -2.53. The van der Waals surface area contributed by atoms with E-state index in [1.165, 1.54) is 19.3 Å². The number of phenols is 1. The average molecular weight is 288 g/mol. The molecule has 2 atom stereocenters. The van der Waals surface area contributed by atoms with Crippen LogP contribution in [0.3, 0.4) is 0 Å². The molecule has 2 fully saturated rings. The second-order valence-electron chi connectivity index (χ2n) is 6.16. The molecule has 2 saturated heterocycles. The molecule has 4 heteroatoms. The van der Waals surface area contributed by atoms with Crippen LogP contribution in [0.15, 0.2) is 24.3 Å². The second-order valence-corrected chi connectivity index (χ2v) is 6.16. The Morgan fingerprint density at radius 2 is 2.10 bits per heavy atom. The quantitative estimate of drug-likeness (QED) is 0.895. The van der Waals surface area contributed by atoms with Gasteiger partial charge in [-0.1, -0.05) is 18.2 Å². The van der Waals surface area contributed by atoms with E-state index in [9.17, 15) is 9.90 Å². The number of carbonyl (C=O) groups is 1. The second kappa shape index (κ2) is 6.48. The minimum absolute atomic E-state index is 0.148. The molecular weight excluding hydrogens is 264 g/mol. The molecule has 1 aromatic carbocycles. The zero-order valence-corrected chi connectivity index (χ0v) is 12.4. The maximum atomic E-state index is 12.7. The number of phenolic OH excluding ortho intramolecular Hbond substituents is 1. The maximum Gasteiger partial charge on any atom is 0.227 e. The molecular formula is C17H24N2O2. The monoisotopic (exact) mass is 288 g/mol. The van der Waals surface area contributed by atoms with Crippen LogP contribution in [0.1, 0.15) is 37.7 Å². The van der Waals surface area contributed by atoms with Crippen molar-refractivity contribution in [1.29, 1.82) is 0 Å². The van der Waals surface area contributed by atoms with E-state index in [0.29, 0.717) is 18.5 Å². The summed E-state index contributed by atoms with van der Waals surface area (Å²) in [7, 11) is 0. The lowest BCUT2D eigenvalue weighted by molar-refractivity contribution is -0.134. The molecule has 2 aliphatic rings. The summed E-state index contributed by atoms with van der Waals surface area (Å²) in [6.07, 6.45) is 6.09. The molecule has 1 aromatic rings. The number of para-hydroxylation sites is 1. The molecule has 0 aliphatic carbocycles. The molecule has 2 N–H and O–H groups in total. The third-order valence-electron chi connectivity index (χ3n) is 4.77. The number of hydrogen-bond donors (Lipinski definition) is 2. The van der Waals surface area contributed by atoms with E-state index >= 15 is 0 Å². The third kappa shape index (κ3) is 3.21. The van der Waals surface area contributed by atoms with Crippen LogP contribution in [-0.4, -0.2) is 41.1 Å². The summed E-state index contributed by atoms with van der Waals surface area (Å²) in [5.74, 6) is 0.369. The summed E-state index contributed by atoms with van der Waals surface area (Å²) in [5, 5.41) is 13.4. The molecule has 0 aromatic heterocycles. The predicted molar refractivity (Wildman–Crippen MR) is 82.2 cm³/mol. The number of likely N-dealkylation sites (tertiary alicyclic amines) is 1. The van der Waals surface area contributed by atoms with Crippen LogP contribution in [0.4, 0.5) is 0 Å². The van der Waals surface area contributed by atoms with Crippen molar-refractivity contribution in [3.05, 3.63) is 29.8 Å². The largest absolute Gasteiger partial charge is 0.508 e. The van der Waals surface area contributed by atoms with Crippen molar-refractivity contribution >= 4 is 5.91 Å². The number of amides is 1. The van der Waals surface area contributed by atoms with Crippen molar-refractivity contribution in [1.82, 2.24) is 10.2 Å². The molecule has 2 unspecified atom stereocenters. The maximum absolute atomic E-state index is 12.7. The molecule has 2 aliphatic heterocycles. The van der Waals surface area contributed by atoms with Gasteiger partial charge in [0.25, 0.3) is 0 Å². The Morgan fingerprint density at radius 3 is 2.86 bits per heavy atom. The van der Waals surface area contributed by atoms with E-state index in [1.807, 2.05) is 12.1 Å². The summed E-state index contributed by atoms with van der Waals surface area (Å²) in [6.45, 7) is 1.93. The van der Waals surface area contributed by atoms with Gasteiger partial charge < -0.3 is 15.3 Å². The van der Waals surface area contributed by atoms with Gasteiger partial charge in [0.2, 0.25) is 5.91 Å². The Kier molecular flexibility index (Phi) is 4.44. The number of hydrogen-bond acceptors (Lipinski definition) is 3. The number of nitrogens with one attached hydrogen (secondary N) is 1. The molecule has 0 bridgehead atoms. The van der Waals surface area contributed by atoms with E-state index in [-0.39, 0.29) is 11.7 Å². The van der Waals surface area contributed by atoms with Crippen molar-refractivity contribution in [2.45, 2.75) is 50.6 Å². The van der Waals surface area contributed by atoms with Crippen molar-refractivity contribution < 1.29 is 9.90 Å². The lowest BCUT2D eigenvalue weighted by atomic mass is 9.93. The number of nitrogens with zero attached hydrogens (tertiary/aromatic N) is 1. The van der Waals surface area contributed by atoms with E-state index in [4.69, 9.17) is 0 Å². The van der Waals surface area contributed by atoms with Gasteiger partial charge in [-0.2, -0.15) is 0 Å². The zero-order valence-electron chi connectivity index (χ0n) is 12.4. The van der Waals surface area contributed by atoms with Gasteiger partial charge in [-0.15, -0.1) is 0 Å². The molecule has 1 amide bonds. The van der Waals surface area contributed by atoms with Crippen LogP contribution in [0.5, 0.6) is 5.75 Å². The van der Waals surface area contributed by atoms with E-state index in [0.717, 1.165) is 31.5 Å². The summed E-state index contributed by atoms with van der Waals surface area (Å²) in [6, 6.07) is 7.93. The predicted octanol–water partition coefficient (Wildman–Crippen LogP) is 2.07. The van der Waals surface area contributed by atoms with Crippen LogP contribution in [0, 0.1) is 0 Å². The van der Waals surface area contributed by atoms with Crippen molar-refractivity contribution in [3.63, 3.8) is 0 Å². The van der Waals surface area contributed by atoms with Gasteiger partial charge in [-0.3, -0.25) is 4.79 Å². The molecule has 0 saturated carbocycles. The van der Waals surface area contributed by atoms with Crippen LogP contribution in [0.25, 0.3) is 0 Å². The SMILES string of the molecule is O=C(Cc1ccccc1O)N1CCCCC1C1CCCN1. The normalized spacial score (nSPS) is 26.0. The first-order chi connectivity index (χ1) is 10.3. The highest BCUT2D eigenvalue weighted by molar-refractivity contribution is 5.80. The molecule has 3 rings (SSSR count). The number of carbonyl (C=O) groups excluding carboxylic acids is 1. The van der Waals surface area contributed by atoms with E-state index in [1.54, 1.807) is 12.1 Å². The fourth-order valence-corrected chi connectivity index (χ4v) is 3.65. The van der Waals surface area contributed by atoms with Gasteiger partial charge >= 0.3 is 0 Å². The van der Waals surface area contributed by atoms with Crippen LogP contribution >= 0.6 is 0 Å². The van der Waals surface area contributed by atoms with Gasteiger partial charge in [0.1, 0.15) is 5.75 Å². The molecule has 0 radical (unpaired) electrons. The van der Waals surface area contributed by atoms with Crippen LogP contribution in [0.2, 0.25) is 0 Å². The number of rotatable bonds is 3. The van der Waals surface area contributed by atoms with E-state index < -0.39 is 0 Å². The Balaban J connectivity index is 1.70. The minimum Gasteiger partial charge on any atom is -0.508 e. The van der Waals surface area contributed by atoms with Gasteiger partial charge in [0.15, 0.2) is 0 Å². The minimum atomic E-state index is 0.148. The molecule has 2 heterocycles. The van der Waals surface area contributed by atoms with E-state index in [2.05, 4.69) is 10.2 Å². The third-order valence-corrected chi connectivity index (χ3v) is 4.77. The fourth-order valence-electron chi connectivity index (χ4n) is 3.65. The summed E-state index contributed by atoms with van der Waals surface area (Å²) < 4.78 is 0. The first-order valence-corrected chi connectivity index (χ1v) is 8.05. The van der Waals surface area contributed by atoms with Crippen molar-refractivity contribution in [2.75, 3.05) is 13.1 Å². The van der Waals surface area contributed by atoms with Crippen LogP contribution in [-0.2, 0) is 11.2 Å². The molecule has 4 nitrogen and oxygen atoms in total. The zero-order chi connectivity index (χ0) is 14.7. The standard InChI is InChI=1S/C17H24N2O2/c20-16-9-2-1-6-13(16)12-17(21)19-11-4-3-8-15(19)14-7-5-10-18-14/h1-2,6,9,14-15,18,20H,3-5,7-8,10-12H2. The highest BCUT2D eigenvalue weighted by Gasteiger charge is 2.34. The van der Waals surface area contributed by atoms with Gasteiger partial charge in [-0.05, 0) is 44.7 Å². The fraction of sp³-hybridized carbons (Fsp3) is 0.588. The van der Waals surface area contributed by atoms with Crippen molar-refractivity contribution in [2.24, 2.45) is 0 Å². The Hall–Kier alpha value is -1.55. The van der Waals surface area contributed by atoms with Gasteiger partial charge in [0, 0.05) is 24.2 Å². The summed E-state index contributed by atoms with van der Waals surface area (Å²) >= 11 is 0. The van der Waals surface area contributed by atoms with Gasteiger partial charge in [0.05, 0.1) is 6.42 Å². The number of piperidine rings is 1. The first-order valence-electron chi connectivity index (χ1n) is 8.05. The topological polar surface area (TPSA) is 52.6 Å². The Morgan fingerprint density at radius 1 is 1.24 bits per heavy atom. The smallest absolute Gasteiger partial charge is 0.227 e. The highest BCUT2D eigenvalue weighted by atomic mass is 16.3. The number of aromatic hydroxyl groups is 1. The summed E-state index contributed by atoms with van der Waals surface area (Å²) in [5.41, 5.74) is 0.728. The molecule has 0 spiro atoms. The average Bonchev–Trinajstić information content (AvgIpc) is 3.04. The number of benzene rings is 1. The molecule has 114 valence electrons. The highest BCUT2D eigenvalue weighted by Crippen LogP contribution is 2.26. The van der Waals surface area contributed by atoms with Crippen molar-refractivity contribution in [3.8, 4) is 5.75 Å². The summed E-state index contributed by atoms with van der Waals surface area (Å²) in [4.78, 5) is 14.7.